The Hall–Kier alpha value is -3.30. The molecule has 0 saturated heterocycles. The zero-order chi connectivity index (χ0) is 18.6. The summed E-state index contributed by atoms with van der Waals surface area (Å²) >= 11 is 0. The van der Waals surface area contributed by atoms with Gasteiger partial charge in [0.2, 0.25) is 5.95 Å². The lowest BCUT2D eigenvalue weighted by atomic mass is 10.2. The van der Waals surface area contributed by atoms with E-state index >= 15 is 0 Å². The van der Waals surface area contributed by atoms with Gasteiger partial charge >= 0.3 is 6.18 Å². The van der Waals surface area contributed by atoms with Crippen LogP contribution in [0.3, 0.4) is 0 Å². The zero-order valence-electron chi connectivity index (χ0n) is 12.8. The molecule has 0 aliphatic rings. The van der Waals surface area contributed by atoms with Gasteiger partial charge in [0.1, 0.15) is 0 Å². The highest BCUT2D eigenvalue weighted by molar-refractivity contribution is 5.94. The Morgan fingerprint density at radius 2 is 1.81 bits per heavy atom. The average Bonchev–Trinajstić information content (AvgIpc) is 3.09. The molecule has 26 heavy (non-hydrogen) atoms. The Labute approximate surface area is 142 Å². The molecule has 0 bridgehead atoms. The van der Waals surface area contributed by atoms with Gasteiger partial charge < -0.3 is 16.1 Å². The van der Waals surface area contributed by atoms with Gasteiger partial charge in [-0.05, 0) is 24.3 Å². The number of aromatic amines is 1. The minimum absolute atomic E-state index is 0.0434. The van der Waals surface area contributed by atoms with Crippen LogP contribution in [0.25, 0.3) is 21.9 Å². The van der Waals surface area contributed by atoms with Crippen molar-refractivity contribution in [3.63, 3.8) is 0 Å². The lowest BCUT2D eigenvalue weighted by Crippen LogP contribution is -2.11. The number of nitrogens with one attached hydrogen (secondary N) is 2. The number of rotatable bonds is 2. The summed E-state index contributed by atoms with van der Waals surface area (Å²) in [6.07, 6.45) is -3.05. The fourth-order valence-corrected chi connectivity index (χ4v) is 2.70. The molecular weight excluding hydrogens is 357 g/mol. The molecule has 134 valence electrons. The topological polar surface area (TPSA) is 71.7 Å². The van der Waals surface area contributed by atoms with E-state index in [-0.39, 0.29) is 17.0 Å². The molecule has 2 aromatic heterocycles. The summed E-state index contributed by atoms with van der Waals surface area (Å²) in [6.45, 7) is 0. The third-order valence-electron chi connectivity index (χ3n) is 3.99. The van der Waals surface area contributed by atoms with E-state index in [4.69, 9.17) is 5.84 Å². The summed E-state index contributed by atoms with van der Waals surface area (Å²) in [6, 6.07) is 4.99. The van der Waals surface area contributed by atoms with E-state index in [9.17, 15) is 22.0 Å². The molecule has 0 aliphatic heterocycles. The molecule has 5 nitrogen and oxygen atoms in total. The predicted molar refractivity (Wildman–Crippen MR) is 86.4 cm³/mol. The fraction of sp³-hybridized carbons (Fsp3) is 0.0625. The first kappa shape index (κ1) is 16.2. The number of H-pyrrole nitrogens is 1. The van der Waals surface area contributed by atoms with E-state index < -0.39 is 23.4 Å². The van der Waals surface area contributed by atoms with Crippen LogP contribution in [0.5, 0.6) is 0 Å². The molecule has 0 unspecified atom stereocenters. The van der Waals surface area contributed by atoms with Gasteiger partial charge in [0.15, 0.2) is 11.6 Å². The minimum atomic E-state index is -4.50. The van der Waals surface area contributed by atoms with Crippen LogP contribution in [0.2, 0.25) is 0 Å². The lowest BCUT2D eigenvalue weighted by Gasteiger charge is -2.06. The largest absolute Gasteiger partial charge is 0.416 e. The van der Waals surface area contributed by atoms with Gasteiger partial charge in [-0.2, -0.15) is 13.2 Å². The fourth-order valence-electron chi connectivity index (χ4n) is 2.70. The first-order chi connectivity index (χ1) is 12.2. The second kappa shape index (κ2) is 5.35. The van der Waals surface area contributed by atoms with E-state index in [1.54, 1.807) is 0 Å². The van der Waals surface area contributed by atoms with E-state index in [2.05, 4.69) is 15.3 Å². The molecule has 4 N–H and O–H groups in total. The average molecular weight is 367 g/mol. The Kier molecular flexibility index (Phi) is 3.33. The number of fused-ring (bicyclic) bond motifs is 2. The summed E-state index contributed by atoms with van der Waals surface area (Å²) < 4.78 is 66.3. The monoisotopic (exact) mass is 367 g/mol. The molecule has 2 aromatic carbocycles. The molecular formula is C16H10F5N5. The number of nitrogens with zero attached hydrogens (tertiary/aromatic N) is 2. The summed E-state index contributed by atoms with van der Waals surface area (Å²) in [5, 5.41) is 3.15. The van der Waals surface area contributed by atoms with Gasteiger partial charge in [0, 0.05) is 17.6 Å². The Morgan fingerprint density at radius 3 is 2.54 bits per heavy atom. The number of halogens is 5. The summed E-state index contributed by atoms with van der Waals surface area (Å²) in [7, 11) is 0. The third kappa shape index (κ3) is 2.50. The lowest BCUT2D eigenvalue weighted by molar-refractivity contribution is -0.137. The Balaban J connectivity index is 1.78. The van der Waals surface area contributed by atoms with Crippen molar-refractivity contribution < 1.29 is 22.0 Å². The quantitative estimate of drug-likeness (QED) is 0.366. The molecule has 0 aliphatic carbocycles. The van der Waals surface area contributed by atoms with Gasteiger partial charge in [-0.15, -0.1) is 0 Å². The molecule has 4 rings (SSSR count). The zero-order valence-corrected chi connectivity index (χ0v) is 12.8. The standard InChI is InChI=1S/C16H10F5N5/c17-9-4-8-11(5-10(9)18)23-6-13(8)25-15-24-12-3-7(16(19,20)21)1-2-14(12)26(15)22/h1-6,23H,22H2,(H,24,25). The number of aromatic nitrogens is 3. The van der Waals surface area contributed by atoms with Crippen molar-refractivity contribution in [2.24, 2.45) is 0 Å². The maximum atomic E-state index is 13.5. The third-order valence-corrected chi connectivity index (χ3v) is 3.99. The van der Waals surface area contributed by atoms with Crippen LogP contribution < -0.4 is 11.2 Å². The van der Waals surface area contributed by atoms with Crippen LogP contribution in [0.1, 0.15) is 5.56 Å². The van der Waals surface area contributed by atoms with Crippen LogP contribution in [-0.4, -0.2) is 14.6 Å². The molecule has 0 saturated carbocycles. The number of nitrogen functional groups attached to an aromatic ring is 1. The second-order valence-corrected chi connectivity index (χ2v) is 5.65. The molecule has 0 radical (unpaired) electrons. The molecule has 0 fully saturated rings. The first-order valence-electron chi connectivity index (χ1n) is 7.32. The minimum Gasteiger partial charge on any atom is -0.359 e. The van der Waals surface area contributed by atoms with Crippen molar-refractivity contribution in [3.05, 3.63) is 53.7 Å². The predicted octanol–water partition coefficient (Wildman–Crippen LogP) is 4.27. The number of hydrogen-bond acceptors (Lipinski definition) is 3. The van der Waals surface area contributed by atoms with Crippen molar-refractivity contribution in [3.8, 4) is 0 Å². The van der Waals surface area contributed by atoms with Crippen molar-refractivity contribution in [2.45, 2.75) is 6.18 Å². The second-order valence-electron chi connectivity index (χ2n) is 5.65. The number of alkyl halides is 3. The number of benzene rings is 2. The molecule has 2 heterocycles. The molecule has 0 spiro atoms. The van der Waals surface area contributed by atoms with E-state index in [1.165, 1.54) is 12.3 Å². The maximum absolute atomic E-state index is 13.5. The maximum Gasteiger partial charge on any atom is 0.416 e. The van der Waals surface area contributed by atoms with Crippen molar-refractivity contribution in [2.75, 3.05) is 11.2 Å². The molecule has 0 amide bonds. The van der Waals surface area contributed by atoms with E-state index in [0.29, 0.717) is 16.6 Å². The van der Waals surface area contributed by atoms with Gasteiger partial charge in [0.05, 0.1) is 27.8 Å². The van der Waals surface area contributed by atoms with E-state index in [1.807, 2.05) is 0 Å². The van der Waals surface area contributed by atoms with Crippen molar-refractivity contribution in [1.82, 2.24) is 14.6 Å². The van der Waals surface area contributed by atoms with Crippen molar-refractivity contribution in [1.29, 1.82) is 0 Å². The number of anilines is 2. The van der Waals surface area contributed by atoms with E-state index in [0.717, 1.165) is 28.9 Å². The van der Waals surface area contributed by atoms with Crippen LogP contribution in [-0.2, 0) is 6.18 Å². The molecule has 4 aromatic rings. The Bertz CT molecular complexity index is 1140. The summed E-state index contributed by atoms with van der Waals surface area (Å²) in [4.78, 5) is 6.82. The van der Waals surface area contributed by atoms with Crippen LogP contribution in [0, 0.1) is 11.6 Å². The number of imidazole rings is 1. The van der Waals surface area contributed by atoms with Crippen LogP contribution in [0.15, 0.2) is 36.5 Å². The first-order valence-corrected chi connectivity index (χ1v) is 7.32. The van der Waals surface area contributed by atoms with Gasteiger partial charge in [-0.3, -0.25) is 0 Å². The molecule has 0 atom stereocenters. The number of nitrogens with two attached hydrogens (primary N) is 1. The highest BCUT2D eigenvalue weighted by Crippen LogP contribution is 2.33. The highest BCUT2D eigenvalue weighted by atomic mass is 19.4. The normalized spacial score (nSPS) is 12.2. The van der Waals surface area contributed by atoms with Crippen LogP contribution >= 0.6 is 0 Å². The Morgan fingerprint density at radius 1 is 1.08 bits per heavy atom. The summed E-state index contributed by atoms with van der Waals surface area (Å²) in [5.74, 6) is 3.89. The number of hydrogen-bond donors (Lipinski definition) is 3. The van der Waals surface area contributed by atoms with Crippen molar-refractivity contribution >= 4 is 33.6 Å². The summed E-state index contributed by atoms with van der Waals surface area (Å²) in [5.41, 5.74) is 0.154. The highest BCUT2D eigenvalue weighted by Gasteiger charge is 2.31. The smallest absolute Gasteiger partial charge is 0.359 e. The van der Waals surface area contributed by atoms with Gasteiger partial charge in [0.25, 0.3) is 0 Å². The SMILES string of the molecule is Nn1c(Nc2c[nH]c3cc(F)c(F)cc23)nc2cc(C(F)(F)F)ccc21. The van der Waals surface area contributed by atoms with Gasteiger partial charge in [-0.1, -0.05) is 0 Å². The molecule has 10 heteroatoms. The van der Waals surface area contributed by atoms with Gasteiger partial charge in [-0.25, -0.2) is 18.4 Å². The van der Waals surface area contributed by atoms with Crippen LogP contribution in [0.4, 0.5) is 33.6 Å².